The van der Waals surface area contributed by atoms with Crippen LogP contribution in [0.1, 0.15) is 0 Å². The molecule has 1 aromatic heterocycles. The van der Waals surface area contributed by atoms with Gasteiger partial charge in [0.05, 0.1) is 22.1 Å². The van der Waals surface area contributed by atoms with E-state index >= 15 is 0 Å². The summed E-state index contributed by atoms with van der Waals surface area (Å²) in [6, 6.07) is 12.9. The van der Waals surface area contributed by atoms with Crippen LogP contribution in [0.2, 0.25) is 0 Å². The van der Waals surface area contributed by atoms with E-state index in [1.165, 1.54) is 49.1 Å². The number of hydrogen-bond acceptors (Lipinski definition) is 5. The van der Waals surface area contributed by atoms with Crippen LogP contribution in [0.3, 0.4) is 0 Å². The Bertz CT molecular complexity index is 1150. The number of sulfonamides is 1. The largest absolute Gasteiger partial charge is 0.325 e. The average Bonchev–Trinajstić information content (AvgIpc) is 2.64. The maximum Gasteiger partial charge on any atom is 0.269 e. The maximum atomic E-state index is 12.4. The van der Waals surface area contributed by atoms with Crippen molar-refractivity contribution < 1.29 is 13.2 Å². The molecule has 3 aromatic rings. The lowest BCUT2D eigenvalue weighted by Crippen LogP contribution is -2.28. The second-order valence-electron chi connectivity index (χ2n) is 6.03. The van der Waals surface area contributed by atoms with Crippen LogP contribution in [0.15, 0.2) is 64.4 Å². The van der Waals surface area contributed by atoms with Crippen LogP contribution >= 0.6 is 0 Å². The van der Waals surface area contributed by atoms with E-state index in [1.807, 2.05) is 0 Å². The summed E-state index contributed by atoms with van der Waals surface area (Å²) in [5.41, 5.74) is 1.23. The summed E-state index contributed by atoms with van der Waals surface area (Å²) in [5, 5.41) is 2.66. The van der Waals surface area contributed by atoms with Crippen molar-refractivity contribution in [1.82, 2.24) is 13.9 Å². The molecule has 2 aromatic carbocycles. The number of fused-ring (bicyclic) bond motifs is 1. The van der Waals surface area contributed by atoms with Gasteiger partial charge in [-0.2, -0.15) is 0 Å². The molecule has 0 aliphatic heterocycles. The van der Waals surface area contributed by atoms with Gasteiger partial charge in [-0.15, -0.1) is 0 Å². The van der Waals surface area contributed by atoms with Gasteiger partial charge in [-0.25, -0.2) is 17.7 Å². The van der Waals surface area contributed by atoms with Crippen molar-refractivity contribution in [2.75, 3.05) is 19.4 Å². The summed E-state index contributed by atoms with van der Waals surface area (Å²) in [6.45, 7) is -0.181. The molecule has 8 nitrogen and oxygen atoms in total. The Labute approximate surface area is 156 Å². The Hall–Kier alpha value is -3.04. The minimum absolute atomic E-state index is 0.127. The molecule has 9 heteroatoms. The van der Waals surface area contributed by atoms with Crippen molar-refractivity contribution in [1.29, 1.82) is 0 Å². The molecule has 3 rings (SSSR count). The summed E-state index contributed by atoms with van der Waals surface area (Å²) < 4.78 is 26.6. The lowest BCUT2D eigenvalue weighted by Gasteiger charge is -2.12. The van der Waals surface area contributed by atoms with Crippen molar-refractivity contribution in [3.8, 4) is 0 Å². The van der Waals surface area contributed by atoms with E-state index in [4.69, 9.17) is 0 Å². The van der Waals surface area contributed by atoms with Gasteiger partial charge in [0.1, 0.15) is 6.54 Å². The summed E-state index contributed by atoms with van der Waals surface area (Å²) in [7, 11) is -0.640. The molecular formula is C18H18N4O4S. The quantitative estimate of drug-likeness (QED) is 0.712. The van der Waals surface area contributed by atoms with Crippen molar-refractivity contribution in [3.63, 3.8) is 0 Å². The molecule has 0 fully saturated rings. The van der Waals surface area contributed by atoms with Gasteiger partial charge < -0.3 is 5.32 Å². The summed E-state index contributed by atoms with van der Waals surface area (Å²) in [4.78, 5) is 28.6. The van der Waals surface area contributed by atoms with E-state index in [0.717, 1.165) is 4.31 Å². The molecule has 140 valence electrons. The van der Waals surface area contributed by atoms with Gasteiger partial charge in [0.25, 0.3) is 5.56 Å². The van der Waals surface area contributed by atoms with Crippen LogP contribution in [-0.2, 0) is 21.4 Å². The highest BCUT2D eigenvalue weighted by Crippen LogP contribution is 2.17. The molecule has 1 amide bonds. The molecular weight excluding hydrogens is 368 g/mol. The first-order valence-electron chi connectivity index (χ1n) is 8.06. The van der Waals surface area contributed by atoms with Crippen LogP contribution in [0.4, 0.5) is 5.69 Å². The third-order valence-electron chi connectivity index (χ3n) is 3.97. The van der Waals surface area contributed by atoms with Crippen molar-refractivity contribution in [2.45, 2.75) is 11.4 Å². The minimum Gasteiger partial charge on any atom is -0.325 e. The molecule has 0 atom stereocenters. The lowest BCUT2D eigenvalue weighted by atomic mass is 10.3. The highest BCUT2D eigenvalue weighted by atomic mass is 32.2. The Balaban J connectivity index is 1.79. The van der Waals surface area contributed by atoms with Gasteiger partial charge in [-0.05, 0) is 36.4 Å². The summed E-state index contributed by atoms with van der Waals surface area (Å²) in [6.07, 6.45) is 1.18. The standard InChI is InChI=1S/C18H18N4O4S/c1-21(2)27(25,26)14-9-7-13(8-10-14)20-17(23)12-22-16-6-4-3-5-15(16)19-11-18(22)24/h3-11H,12H2,1-2H3,(H,20,23). The molecule has 0 bridgehead atoms. The Kier molecular flexibility index (Phi) is 5.06. The first-order chi connectivity index (χ1) is 12.8. The Morgan fingerprint density at radius 2 is 1.78 bits per heavy atom. The molecule has 0 unspecified atom stereocenters. The van der Waals surface area contributed by atoms with Crippen molar-refractivity contribution >= 4 is 32.7 Å². The first-order valence-corrected chi connectivity index (χ1v) is 9.50. The number of nitrogens with zero attached hydrogens (tertiary/aromatic N) is 3. The van der Waals surface area contributed by atoms with Crippen LogP contribution in [0.25, 0.3) is 11.0 Å². The zero-order valence-corrected chi connectivity index (χ0v) is 15.6. The molecule has 1 heterocycles. The third-order valence-corrected chi connectivity index (χ3v) is 5.80. The second-order valence-corrected chi connectivity index (χ2v) is 8.18. The number of amides is 1. The summed E-state index contributed by atoms with van der Waals surface area (Å²) >= 11 is 0. The predicted molar refractivity (Wildman–Crippen MR) is 102 cm³/mol. The SMILES string of the molecule is CN(C)S(=O)(=O)c1ccc(NC(=O)Cn2c(=O)cnc3ccccc32)cc1. The lowest BCUT2D eigenvalue weighted by molar-refractivity contribution is -0.116. The second kappa shape index (κ2) is 7.29. The molecule has 27 heavy (non-hydrogen) atoms. The fourth-order valence-corrected chi connectivity index (χ4v) is 3.44. The van der Waals surface area contributed by atoms with Gasteiger partial charge in [-0.3, -0.25) is 14.2 Å². The van der Waals surface area contributed by atoms with Gasteiger partial charge >= 0.3 is 0 Å². The van der Waals surface area contributed by atoms with Crippen LogP contribution in [0, 0.1) is 0 Å². The first kappa shape index (κ1) is 18.7. The normalized spacial score (nSPS) is 11.7. The van der Waals surface area contributed by atoms with Crippen molar-refractivity contribution in [3.05, 3.63) is 65.1 Å². The van der Waals surface area contributed by atoms with Crippen molar-refractivity contribution in [2.24, 2.45) is 0 Å². The highest BCUT2D eigenvalue weighted by Gasteiger charge is 2.17. The third kappa shape index (κ3) is 3.88. The molecule has 1 N–H and O–H groups in total. The number of hydrogen-bond donors (Lipinski definition) is 1. The zero-order chi connectivity index (χ0) is 19.6. The molecule has 0 spiro atoms. The smallest absolute Gasteiger partial charge is 0.269 e. The monoisotopic (exact) mass is 386 g/mol. The number of carbonyl (C=O) groups is 1. The van der Waals surface area contributed by atoms with E-state index in [2.05, 4.69) is 10.3 Å². The fraction of sp³-hybridized carbons (Fsp3) is 0.167. The predicted octanol–water partition coefficient (Wildman–Crippen LogP) is 1.29. The molecule has 0 aliphatic carbocycles. The molecule has 0 saturated carbocycles. The number of benzene rings is 2. The van der Waals surface area contributed by atoms with E-state index in [0.29, 0.717) is 16.7 Å². The number of nitrogens with one attached hydrogen (secondary N) is 1. The van der Waals surface area contributed by atoms with Gasteiger partial charge in [0.2, 0.25) is 15.9 Å². The zero-order valence-electron chi connectivity index (χ0n) is 14.8. The Morgan fingerprint density at radius 1 is 1.11 bits per heavy atom. The maximum absolute atomic E-state index is 12.4. The van der Waals surface area contributed by atoms with Crippen LogP contribution in [0.5, 0.6) is 0 Å². The number of anilines is 1. The van der Waals surface area contributed by atoms with Gasteiger partial charge in [0.15, 0.2) is 0 Å². The topological polar surface area (TPSA) is 101 Å². The minimum atomic E-state index is -3.53. The molecule has 0 radical (unpaired) electrons. The van der Waals surface area contributed by atoms with E-state index in [1.54, 1.807) is 24.3 Å². The molecule has 0 saturated heterocycles. The van der Waals surface area contributed by atoms with Crippen LogP contribution in [-0.4, -0.2) is 42.3 Å². The number of rotatable bonds is 5. The number of aromatic nitrogens is 2. The van der Waals surface area contributed by atoms with E-state index in [9.17, 15) is 18.0 Å². The average molecular weight is 386 g/mol. The highest BCUT2D eigenvalue weighted by molar-refractivity contribution is 7.89. The van der Waals surface area contributed by atoms with E-state index < -0.39 is 15.9 Å². The van der Waals surface area contributed by atoms with E-state index in [-0.39, 0.29) is 17.0 Å². The molecule has 0 aliphatic rings. The number of para-hydroxylation sites is 2. The van der Waals surface area contributed by atoms with Gasteiger partial charge in [0, 0.05) is 19.8 Å². The Morgan fingerprint density at radius 3 is 2.44 bits per heavy atom. The van der Waals surface area contributed by atoms with Crippen LogP contribution < -0.4 is 10.9 Å². The van der Waals surface area contributed by atoms with Gasteiger partial charge in [-0.1, -0.05) is 12.1 Å². The summed E-state index contributed by atoms with van der Waals surface area (Å²) in [5.74, 6) is -0.406. The fourth-order valence-electron chi connectivity index (χ4n) is 2.54. The number of carbonyl (C=O) groups excluding carboxylic acids is 1.